The summed E-state index contributed by atoms with van der Waals surface area (Å²) in [6.45, 7) is 10.6. The van der Waals surface area contributed by atoms with Crippen molar-refractivity contribution in [1.82, 2.24) is 24.4 Å². The molecule has 9 heteroatoms. The van der Waals surface area contributed by atoms with Gasteiger partial charge in [-0.25, -0.2) is 19.3 Å². The number of piperazine rings is 1. The van der Waals surface area contributed by atoms with Crippen molar-refractivity contribution in [3.8, 4) is 17.1 Å². The van der Waals surface area contributed by atoms with Gasteiger partial charge in [0.25, 0.3) is 0 Å². The standard InChI is InChI=1S/C33H36FN7.ClH/c1-24-9-8-12-29(25(24)2)40-21-19-39(20-22-40)18-7-6-17-35-31-30-33(37-23-36-31)41(28-15-13-27(34)14-16-28)32(38-30)26-10-4-3-5-11-26;/h3-5,8-16,23H,6-7,17-22H2,1-2H3,(H,35,36,37);1H. The first-order chi connectivity index (χ1) is 20.1. The monoisotopic (exact) mass is 585 g/mol. The van der Waals surface area contributed by atoms with Crippen LogP contribution in [0.4, 0.5) is 15.9 Å². The first kappa shape index (κ1) is 29.5. The van der Waals surface area contributed by atoms with Gasteiger partial charge in [-0.15, -0.1) is 12.4 Å². The van der Waals surface area contributed by atoms with Gasteiger partial charge in [0, 0.05) is 49.7 Å². The Labute approximate surface area is 252 Å². The maximum atomic E-state index is 13.7. The fraction of sp³-hybridized carbons (Fsp3) is 0.303. The van der Waals surface area contributed by atoms with Crippen LogP contribution in [-0.4, -0.2) is 63.7 Å². The Morgan fingerprint density at radius 3 is 2.36 bits per heavy atom. The van der Waals surface area contributed by atoms with Crippen molar-refractivity contribution < 1.29 is 4.39 Å². The van der Waals surface area contributed by atoms with Gasteiger partial charge in [-0.3, -0.25) is 9.47 Å². The maximum Gasteiger partial charge on any atom is 0.170 e. The molecule has 1 fully saturated rings. The number of benzene rings is 3. The number of nitrogens with zero attached hydrogens (tertiary/aromatic N) is 6. The number of unbranched alkanes of at least 4 members (excludes halogenated alkanes) is 1. The normalized spacial score (nSPS) is 13.7. The highest BCUT2D eigenvalue weighted by Crippen LogP contribution is 2.30. The van der Waals surface area contributed by atoms with Crippen molar-refractivity contribution in [3.63, 3.8) is 0 Å². The van der Waals surface area contributed by atoms with Crippen LogP contribution in [0.1, 0.15) is 24.0 Å². The van der Waals surface area contributed by atoms with E-state index in [2.05, 4.69) is 57.1 Å². The summed E-state index contributed by atoms with van der Waals surface area (Å²) in [5.74, 6) is 1.19. The molecule has 42 heavy (non-hydrogen) atoms. The quantitative estimate of drug-likeness (QED) is 0.195. The molecule has 3 aromatic carbocycles. The number of fused-ring (bicyclic) bond motifs is 1. The fourth-order valence-electron chi connectivity index (χ4n) is 5.60. The SMILES string of the molecule is Cc1cccc(N2CCN(CCCCNc3ncnc4c3nc(-c3ccccc3)n4-c3ccc(F)cc3)CC2)c1C.Cl. The van der Waals surface area contributed by atoms with E-state index in [1.807, 2.05) is 34.9 Å². The molecule has 6 rings (SSSR count). The molecule has 0 saturated carbocycles. The van der Waals surface area contributed by atoms with Crippen molar-refractivity contribution >= 4 is 35.1 Å². The minimum absolute atomic E-state index is 0. The Hall–Kier alpha value is -4.01. The highest BCUT2D eigenvalue weighted by atomic mass is 35.5. The van der Waals surface area contributed by atoms with Crippen molar-refractivity contribution in [3.05, 3.63) is 96.1 Å². The molecule has 7 nitrogen and oxygen atoms in total. The Balaban J connectivity index is 0.00000353. The van der Waals surface area contributed by atoms with Crippen molar-refractivity contribution in [2.75, 3.05) is 49.5 Å². The number of rotatable bonds is 9. The Kier molecular flexibility index (Phi) is 9.35. The summed E-state index contributed by atoms with van der Waals surface area (Å²) in [6, 6.07) is 23.0. The first-order valence-corrected chi connectivity index (χ1v) is 14.4. The molecule has 0 aliphatic carbocycles. The lowest BCUT2D eigenvalue weighted by atomic mass is 10.1. The molecule has 1 aliphatic rings. The van der Waals surface area contributed by atoms with Crippen LogP contribution in [-0.2, 0) is 0 Å². The van der Waals surface area contributed by atoms with Crippen LogP contribution in [0.2, 0.25) is 0 Å². The molecule has 0 atom stereocenters. The van der Waals surface area contributed by atoms with E-state index in [1.165, 1.54) is 28.9 Å². The van der Waals surface area contributed by atoms with Gasteiger partial charge < -0.3 is 10.2 Å². The summed E-state index contributed by atoms with van der Waals surface area (Å²) in [5.41, 5.74) is 7.28. The Morgan fingerprint density at radius 1 is 0.833 bits per heavy atom. The molecule has 1 saturated heterocycles. The van der Waals surface area contributed by atoms with Gasteiger partial charge in [0.05, 0.1) is 0 Å². The Bertz CT molecular complexity index is 1610. The number of halogens is 2. The van der Waals surface area contributed by atoms with Crippen LogP contribution in [0.25, 0.3) is 28.2 Å². The first-order valence-electron chi connectivity index (χ1n) is 14.4. The average molecular weight is 586 g/mol. The molecule has 0 unspecified atom stereocenters. The van der Waals surface area contributed by atoms with Crippen molar-refractivity contribution in [1.29, 1.82) is 0 Å². The molecule has 5 aromatic rings. The van der Waals surface area contributed by atoms with E-state index < -0.39 is 0 Å². The summed E-state index contributed by atoms with van der Waals surface area (Å²) in [5, 5.41) is 3.50. The van der Waals surface area contributed by atoms with E-state index in [0.29, 0.717) is 11.2 Å². The van der Waals surface area contributed by atoms with Crippen molar-refractivity contribution in [2.24, 2.45) is 0 Å². The van der Waals surface area contributed by atoms with E-state index in [4.69, 9.17) is 4.98 Å². The number of hydrogen-bond acceptors (Lipinski definition) is 6. The summed E-state index contributed by atoms with van der Waals surface area (Å²) >= 11 is 0. The summed E-state index contributed by atoms with van der Waals surface area (Å²) in [4.78, 5) is 19.2. The molecule has 3 heterocycles. The number of aromatic nitrogens is 4. The molecule has 0 amide bonds. The summed E-state index contributed by atoms with van der Waals surface area (Å²) < 4.78 is 15.7. The topological polar surface area (TPSA) is 62.1 Å². The molecule has 2 aromatic heterocycles. The van der Waals surface area contributed by atoms with Crippen LogP contribution in [0, 0.1) is 19.7 Å². The molecule has 218 valence electrons. The predicted molar refractivity (Wildman–Crippen MR) is 172 cm³/mol. The molecular weight excluding hydrogens is 549 g/mol. The highest BCUT2D eigenvalue weighted by Gasteiger charge is 2.20. The number of anilines is 2. The van der Waals surface area contributed by atoms with E-state index >= 15 is 0 Å². The van der Waals surface area contributed by atoms with Crippen LogP contribution in [0.15, 0.2) is 79.1 Å². The minimum Gasteiger partial charge on any atom is -0.369 e. The second kappa shape index (κ2) is 13.3. The summed E-state index contributed by atoms with van der Waals surface area (Å²) in [6.07, 6.45) is 3.72. The zero-order valence-electron chi connectivity index (χ0n) is 24.1. The van der Waals surface area contributed by atoms with Gasteiger partial charge in [-0.05, 0) is 74.7 Å². The van der Waals surface area contributed by atoms with Crippen molar-refractivity contribution in [2.45, 2.75) is 26.7 Å². The number of nitrogens with one attached hydrogen (secondary N) is 1. The third kappa shape index (κ3) is 6.25. The summed E-state index contributed by atoms with van der Waals surface area (Å²) in [7, 11) is 0. The molecule has 1 aliphatic heterocycles. The lowest BCUT2D eigenvalue weighted by molar-refractivity contribution is 0.253. The van der Waals surface area contributed by atoms with Gasteiger partial charge in [0.15, 0.2) is 17.0 Å². The molecular formula is C33H37ClFN7. The second-order valence-electron chi connectivity index (χ2n) is 10.7. The van der Waals surface area contributed by atoms with Crippen LogP contribution in [0.5, 0.6) is 0 Å². The fourth-order valence-corrected chi connectivity index (χ4v) is 5.60. The van der Waals surface area contributed by atoms with Gasteiger partial charge in [-0.1, -0.05) is 42.5 Å². The Morgan fingerprint density at radius 2 is 1.60 bits per heavy atom. The zero-order valence-corrected chi connectivity index (χ0v) is 24.9. The van der Waals surface area contributed by atoms with E-state index in [-0.39, 0.29) is 18.2 Å². The third-order valence-corrected chi connectivity index (χ3v) is 8.04. The lowest BCUT2D eigenvalue weighted by Gasteiger charge is -2.37. The lowest BCUT2D eigenvalue weighted by Crippen LogP contribution is -2.46. The van der Waals surface area contributed by atoms with Gasteiger partial charge in [-0.2, -0.15) is 0 Å². The van der Waals surface area contributed by atoms with E-state index in [1.54, 1.807) is 18.5 Å². The van der Waals surface area contributed by atoms with E-state index in [0.717, 1.165) is 75.0 Å². The highest BCUT2D eigenvalue weighted by molar-refractivity contribution is 5.88. The largest absolute Gasteiger partial charge is 0.369 e. The van der Waals surface area contributed by atoms with Gasteiger partial charge >= 0.3 is 0 Å². The minimum atomic E-state index is -0.278. The predicted octanol–water partition coefficient (Wildman–Crippen LogP) is 6.67. The molecule has 0 spiro atoms. The van der Waals surface area contributed by atoms with Gasteiger partial charge in [0.1, 0.15) is 18.0 Å². The average Bonchev–Trinajstić information content (AvgIpc) is 3.40. The van der Waals surface area contributed by atoms with Crippen LogP contribution < -0.4 is 10.2 Å². The van der Waals surface area contributed by atoms with Gasteiger partial charge in [0.2, 0.25) is 0 Å². The van der Waals surface area contributed by atoms with E-state index in [9.17, 15) is 4.39 Å². The zero-order chi connectivity index (χ0) is 28.2. The smallest absolute Gasteiger partial charge is 0.170 e. The number of imidazole rings is 1. The molecule has 1 N–H and O–H groups in total. The maximum absolute atomic E-state index is 13.7. The molecule has 0 bridgehead atoms. The number of hydrogen-bond donors (Lipinski definition) is 1. The second-order valence-corrected chi connectivity index (χ2v) is 10.7. The molecule has 0 radical (unpaired) electrons. The van der Waals surface area contributed by atoms with Crippen LogP contribution >= 0.6 is 12.4 Å². The van der Waals surface area contributed by atoms with Crippen LogP contribution in [0.3, 0.4) is 0 Å². The number of aryl methyl sites for hydroxylation is 1. The third-order valence-electron chi connectivity index (χ3n) is 8.04.